The number of ether oxygens (including phenoxy) is 1. The molecule has 0 atom stereocenters. The van der Waals surface area contributed by atoms with Gasteiger partial charge in [0.2, 0.25) is 0 Å². The maximum atomic E-state index is 12.7. The van der Waals surface area contributed by atoms with Gasteiger partial charge in [-0.1, -0.05) is 28.1 Å². The fraction of sp³-hybridized carbons (Fsp3) is 0.235. The first-order valence-corrected chi connectivity index (χ1v) is 7.20. The molecular formula is C17H17BrO2. The van der Waals surface area contributed by atoms with E-state index in [1.165, 1.54) is 0 Å². The molecular weight excluding hydrogens is 316 g/mol. The smallest absolute Gasteiger partial charge is 0.197 e. The highest BCUT2D eigenvalue weighted by molar-refractivity contribution is 9.10. The van der Waals surface area contributed by atoms with Gasteiger partial charge in [-0.25, -0.2) is 0 Å². The molecule has 2 aromatic carbocycles. The summed E-state index contributed by atoms with van der Waals surface area (Å²) in [6.45, 7) is 5.97. The van der Waals surface area contributed by atoms with Crippen LogP contribution in [0.4, 0.5) is 0 Å². The summed E-state index contributed by atoms with van der Waals surface area (Å²) in [7, 11) is 1.60. The third kappa shape index (κ3) is 2.63. The second kappa shape index (κ2) is 5.80. The van der Waals surface area contributed by atoms with Gasteiger partial charge in [-0.2, -0.15) is 0 Å². The summed E-state index contributed by atoms with van der Waals surface area (Å²) in [6.07, 6.45) is 0. The highest BCUT2D eigenvalue weighted by Gasteiger charge is 2.19. The van der Waals surface area contributed by atoms with Crippen molar-refractivity contribution in [2.45, 2.75) is 20.8 Å². The molecule has 0 fully saturated rings. The maximum absolute atomic E-state index is 12.7. The van der Waals surface area contributed by atoms with E-state index in [0.717, 1.165) is 21.2 Å². The van der Waals surface area contributed by atoms with Crippen LogP contribution in [0.15, 0.2) is 34.8 Å². The van der Waals surface area contributed by atoms with E-state index in [0.29, 0.717) is 16.9 Å². The lowest BCUT2D eigenvalue weighted by Gasteiger charge is -2.13. The monoisotopic (exact) mass is 332 g/mol. The van der Waals surface area contributed by atoms with Crippen LogP contribution in [0, 0.1) is 20.8 Å². The van der Waals surface area contributed by atoms with Crippen molar-refractivity contribution in [1.82, 2.24) is 0 Å². The number of aryl methyl sites for hydroxylation is 2. The number of hydrogen-bond acceptors (Lipinski definition) is 2. The largest absolute Gasteiger partial charge is 0.496 e. The van der Waals surface area contributed by atoms with E-state index in [4.69, 9.17) is 4.74 Å². The van der Waals surface area contributed by atoms with Gasteiger partial charge >= 0.3 is 0 Å². The van der Waals surface area contributed by atoms with Crippen molar-refractivity contribution in [1.29, 1.82) is 0 Å². The van der Waals surface area contributed by atoms with E-state index in [-0.39, 0.29) is 5.78 Å². The Kier molecular flexibility index (Phi) is 4.29. The zero-order chi connectivity index (χ0) is 14.9. The zero-order valence-corrected chi connectivity index (χ0v) is 13.7. The molecule has 0 aliphatic carbocycles. The molecule has 0 amide bonds. The topological polar surface area (TPSA) is 26.3 Å². The van der Waals surface area contributed by atoms with Crippen LogP contribution in [0.25, 0.3) is 0 Å². The summed E-state index contributed by atoms with van der Waals surface area (Å²) in [5.74, 6) is 0.624. The summed E-state index contributed by atoms with van der Waals surface area (Å²) < 4.78 is 6.24. The molecule has 20 heavy (non-hydrogen) atoms. The van der Waals surface area contributed by atoms with Crippen LogP contribution in [-0.2, 0) is 0 Å². The first-order valence-electron chi connectivity index (χ1n) is 6.40. The van der Waals surface area contributed by atoms with Crippen LogP contribution in [0.1, 0.15) is 32.6 Å². The van der Waals surface area contributed by atoms with E-state index < -0.39 is 0 Å². The number of ketones is 1. The van der Waals surface area contributed by atoms with Gasteiger partial charge < -0.3 is 4.74 Å². The molecule has 0 heterocycles. The van der Waals surface area contributed by atoms with Crippen LogP contribution in [0.5, 0.6) is 5.75 Å². The van der Waals surface area contributed by atoms with Crippen molar-refractivity contribution in [3.63, 3.8) is 0 Å². The summed E-state index contributed by atoms with van der Waals surface area (Å²) in [6, 6.07) is 9.51. The highest BCUT2D eigenvalue weighted by Crippen LogP contribution is 2.30. The predicted molar refractivity (Wildman–Crippen MR) is 84.8 cm³/mol. The van der Waals surface area contributed by atoms with E-state index in [2.05, 4.69) is 15.9 Å². The van der Waals surface area contributed by atoms with Crippen molar-refractivity contribution in [2.24, 2.45) is 0 Å². The molecule has 2 aromatic rings. The summed E-state index contributed by atoms with van der Waals surface area (Å²) >= 11 is 3.46. The number of hydrogen-bond donors (Lipinski definition) is 0. The van der Waals surface area contributed by atoms with E-state index >= 15 is 0 Å². The van der Waals surface area contributed by atoms with Gasteiger partial charge in [0.05, 0.1) is 12.7 Å². The first kappa shape index (κ1) is 14.8. The standard InChI is InChI=1S/C17H17BrO2/c1-10-5-7-13(15(18)9-10)16(19)14-8-6-11(2)12(3)17(14)20-4/h5-9H,1-4H3. The lowest BCUT2D eigenvalue weighted by Crippen LogP contribution is -2.07. The average Bonchev–Trinajstić information content (AvgIpc) is 2.41. The Morgan fingerprint density at radius 3 is 2.30 bits per heavy atom. The van der Waals surface area contributed by atoms with Gasteiger partial charge in [0.1, 0.15) is 5.75 Å². The van der Waals surface area contributed by atoms with Gasteiger partial charge in [-0.05, 0) is 55.7 Å². The Bertz CT molecular complexity index is 675. The molecule has 104 valence electrons. The lowest BCUT2D eigenvalue weighted by atomic mass is 9.97. The van der Waals surface area contributed by atoms with Gasteiger partial charge in [-0.15, -0.1) is 0 Å². The molecule has 0 radical (unpaired) electrons. The maximum Gasteiger partial charge on any atom is 0.197 e. The van der Waals surface area contributed by atoms with Crippen molar-refractivity contribution in [2.75, 3.05) is 7.11 Å². The number of halogens is 1. The molecule has 0 aliphatic heterocycles. The number of rotatable bonds is 3. The first-order chi connectivity index (χ1) is 9.45. The predicted octanol–water partition coefficient (Wildman–Crippen LogP) is 4.61. The van der Waals surface area contributed by atoms with E-state index in [9.17, 15) is 4.79 Å². The van der Waals surface area contributed by atoms with Crippen molar-refractivity contribution < 1.29 is 9.53 Å². The molecule has 0 bridgehead atoms. The van der Waals surface area contributed by atoms with E-state index in [1.54, 1.807) is 7.11 Å². The Labute approximate surface area is 127 Å². The minimum atomic E-state index is -0.0307. The SMILES string of the molecule is COc1c(C(=O)c2ccc(C)cc2Br)ccc(C)c1C. The van der Waals surface area contributed by atoms with Gasteiger partial charge in [0.15, 0.2) is 5.78 Å². The number of benzene rings is 2. The van der Waals surface area contributed by atoms with Crippen LogP contribution < -0.4 is 4.74 Å². The number of carbonyl (C=O) groups is 1. The Hall–Kier alpha value is -1.61. The Morgan fingerprint density at radius 1 is 1.05 bits per heavy atom. The molecule has 0 aromatic heterocycles. The fourth-order valence-electron chi connectivity index (χ4n) is 2.18. The third-order valence-electron chi connectivity index (χ3n) is 3.49. The second-order valence-corrected chi connectivity index (χ2v) is 5.76. The van der Waals surface area contributed by atoms with Crippen molar-refractivity contribution >= 4 is 21.7 Å². The van der Waals surface area contributed by atoms with Gasteiger partial charge in [0.25, 0.3) is 0 Å². The third-order valence-corrected chi connectivity index (χ3v) is 4.15. The quantitative estimate of drug-likeness (QED) is 0.767. The molecule has 0 unspecified atom stereocenters. The molecule has 2 rings (SSSR count). The van der Waals surface area contributed by atoms with Crippen LogP contribution >= 0.6 is 15.9 Å². The molecule has 0 N–H and O–H groups in total. The Balaban J connectivity index is 2.56. The summed E-state index contributed by atoms with van der Waals surface area (Å²) in [4.78, 5) is 12.7. The summed E-state index contributed by atoms with van der Waals surface area (Å²) in [5.41, 5.74) is 4.47. The van der Waals surface area contributed by atoms with Crippen LogP contribution in [0.3, 0.4) is 0 Å². The summed E-state index contributed by atoms with van der Waals surface area (Å²) in [5, 5.41) is 0. The van der Waals surface area contributed by atoms with Crippen LogP contribution in [-0.4, -0.2) is 12.9 Å². The minimum absolute atomic E-state index is 0.0307. The fourth-order valence-corrected chi connectivity index (χ4v) is 2.85. The van der Waals surface area contributed by atoms with Crippen molar-refractivity contribution in [3.8, 4) is 5.75 Å². The molecule has 0 aliphatic rings. The molecule has 2 nitrogen and oxygen atoms in total. The number of carbonyl (C=O) groups excluding carboxylic acids is 1. The lowest BCUT2D eigenvalue weighted by molar-refractivity contribution is 0.103. The number of methoxy groups -OCH3 is 1. The van der Waals surface area contributed by atoms with E-state index in [1.807, 2.05) is 51.1 Å². The average molecular weight is 333 g/mol. The molecule has 3 heteroatoms. The zero-order valence-electron chi connectivity index (χ0n) is 12.1. The second-order valence-electron chi connectivity index (χ2n) is 4.90. The van der Waals surface area contributed by atoms with Gasteiger partial charge in [-0.3, -0.25) is 4.79 Å². The highest BCUT2D eigenvalue weighted by atomic mass is 79.9. The van der Waals surface area contributed by atoms with Crippen LogP contribution in [0.2, 0.25) is 0 Å². The normalized spacial score (nSPS) is 10.4. The minimum Gasteiger partial charge on any atom is -0.496 e. The van der Waals surface area contributed by atoms with Gasteiger partial charge in [0, 0.05) is 10.0 Å². The molecule has 0 saturated heterocycles. The molecule has 0 saturated carbocycles. The molecule has 0 spiro atoms. The van der Waals surface area contributed by atoms with Crippen molar-refractivity contribution in [3.05, 3.63) is 62.6 Å². The Morgan fingerprint density at radius 2 is 1.70 bits per heavy atom.